The summed E-state index contributed by atoms with van der Waals surface area (Å²) in [6.07, 6.45) is 2.92. The van der Waals surface area contributed by atoms with Gasteiger partial charge in [0.2, 0.25) is 0 Å². The predicted molar refractivity (Wildman–Crippen MR) is 97.9 cm³/mol. The zero-order chi connectivity index (χ0) is 18.0. The topological polar surface area (TPSA) is 39.4 Å². The molecule has 25 heavy (non-hydrogen) atoms. The Morgan fingerprint density at radius 3 is 2.48 bits per heavy atom. The second-order valence-electron chi connectivity index (χ2n) is 7.71. The van der Waals surface area contributed by atoms with Gasteiger partial charge in [0.05, 0.1) is 5.92 Å². The summed E-state index contributed by atoms with van der Waals surface area (Å²) in [5.74, 6) is 1.66. The highest BCUT2D eigenvalue weighted by Gasteiger charge is 2.61. The summed E-state index contributed by atoms with van der Waals surface area (Å²) >= 11 is 0. The minimum atomic E-state index is -0.131. The quantitative estimate of drug-likeness (QED) is 0.540. The van der Waals surface area contributed by atoms with Gasteiger partial charge >= 0.3 is 5.97 Å². The van der Waals surface area contributed by atoms with E-state index >= 15 is 0 Å². The molecular weight excluding hydrogens is 312 g/mol. The first-order valence-electron chi connectivity index (χ1n) is 8.81. The molecule has 3 heteroatoms. The Morgan fingerprint density at radius 2 is 1.80 bits per heavy atom. The number of carbonyl (C=O) groups is 1. The SMILES string of the molecule is CC(C)=C[C@@H]1[C@@H](C(=O)OCc2ccc(Cc3ccccc3)o2)C1(C)C. The minimum absolute atomic E-state index is 0.0179. The van der Waals surface area contributed by atoms with E-state index in [1.807, 2.05) is 30.3 Å². The molecular formula is C22H26O3. The van der Waals surface area contributed by atoms with E-state index in [1.54, 1.807) is 0 Å². The van der Waals surface area contributed by atoms with Crippen LogP contribution in [-0.2, 0) is 22.6 Å². The molecule has 3 rings (SSSR count). The number of allylic oxidation sites excluding steroid dienone is 2. The van der Waals surface area contributed by atoms with E-state index in [0.717, 1.165) is 12.2 Å². The molecule has 1 aromatic heterocycles. The average Bonchev–Trinajstić information content (AvgIpc) is 2.90. The maximum atomic E-state index is 12.4. The number of furan rings is 1. The van der Waals surface area contributed by atoms with Crippen molar-refractivity contribution in [3.8, 4) is 0 Å². The van der Waals surface area contributed by atoms with Crippen molar-refractivity contribution in [2.75, 3.05) is 0 Å². The van der Waals surface area contributed by atoms with Gasteiger partial charge in [-0.25, -0.2) is 0 Å². The Hall–Kier alpha value is -2.29. The first-order valence-corrected chi connectivity index (χ1v) is 8.81. The van der Waals surface area contributed by atoms with Gasteiger partial charge in [-0.3, -0.25) is 4.79 Å². The molecule has 1 aliphatic rings. The largest absolute Gasteiger partial charge is 0.462 e. The first-order chi connectivity index (χ1) is 11.9. The molecule has 1 aliphatic carbocycles. The van der Waals surface area contributed by atoms with Crippen LogP contribution in [0.3, 0.4) is 0 Å². The van der Waals surface area contributed by atoms with Crippen molar-refractivity contribution < 1.29 is 13.9 Å². The maximum Gasteiger partial charge on any atom is 0.310 e. The zero-order valence-electron chi connectivity index (χ0n) is 15.4. The van der Waals surface area contributed by atoms with E-state index in [0.29, 0.717) is 5.76 Å². The second-order valence-corrected chi connectivity index (χ2v) is 7.71. The number of rotatable bonds is 6. The number of hydrogen-bond donors (Lipinski definition) is 0. The molecule has 0 N–H and O–H groups in total. The molecule has 1 heterocycles. The first kappa shape index (κ1) is 17.5. The van der Waals surface area contributed by atoms with Gasteiger partial charge in [0.1, 0.15) is 18.1 Å². The summed E-state index contributed by atoms with van der Waals surface area (Å²) in [7, 11) is 0. The van der Waals surface area contributed by atoms with Crippen molar-refractivity contribution in [2.24, 2.45) is 17.3 Å². The molecule has 3 nitrogen and oxygen atoms in total. The Labute approximate surface area is 149 Å². The molecule has 0 aliphatic heterocycles. The fourth-order valence-electron chi connectivity index (χ4n) is 3.42. The molecule has 132 valence electrons. The van der Waals surface area contributed by atoms with E-state index in [1.165, 1.54) is 11.1 Å². The van der Waals surface area contributed by atoms with Gasteiger partial charge in [0, 0.05) is 6.42 Å². The number of benzene rings is 1. The highest BCUT2D eigenvalue weighted by molar-refractivity contribution is 5.78. The standard InChI is InChI=1S/C22H26O3/c1-15(2)12-19-20(22(19,3)4)21(23)24-14-18-11-10-17(25-18)13-16-8-6-5-7-9-16/h5-12,19-20H,13-14H2,1-4H3/t19-,20+/m1/s1. The van der Waals surface area contributed by atoms with Crippen LogP contribution in [0.25, 0.3) is 0 Å². The number of ether oxygens (including phenoxy) is 1. The highest BCUT2D eigenvalue weighted by Crippen LogP contribution is 2.59. The molecule has 1 aromatic carbocycles. The van der Waals surface area contributed by atoms with Crippen LogP contribution in [0, 0.1) is 17.3 Å². The third-order valence-electron chi connectivity index (χ3n) is 4.97. The molecule has 0 radical (unpaired) electrons. The van der Waals surface area contributed by atoms with E-state index in [-0.39, 0.29) is 29.8 Å². The predicted octanol–water partition coefficient (Wildman–Crippen LogP) is 5.15. The monoisotopic (exact) mass is 338 g/mol. The van der Waals surface area contributed by atoms with E-state index in [9.17, 15) is 4.79 Å². The van der Waals surface area contributed by atoms with Crippen molar-refractivity contribution in [3.63, 3.8) is 0 Å². The summed E-state index contributed by atoms with van der Waals surface area (Å²) in [6.45, 7) is 8.56. The minimum Gasteiger partial charge on any atom is -0.462 e. The van der Waals surface area contributed by atoms with Crippen LogP contribution in [0.15, 0.2) is 58.5 Å². The van der Waals surface area contributed by atoms with Crippen LogP contribution in [0.5, 0.6) is 0 Å². The van der Waals surface area contributed by atoms with Gasteiger partial charge in [-0.05, 0) is 42.9 Å². The molecule has 0 spiro atoms. The number of hydrogen-bond acceptors (Lipinski definition) is 3. The third kappa shape index (κ3) is 4.04. The van der Waals surface area contributed by atoms with Crippen LogP contribution >= 0.6 is 0 Å². The fourth-order valence-corrected chi connectivity index (χ4v) is 3.42. The Bertz CT molecular complexity index is 764. The summed E-state index contributed by atoms with van der Waals surface area (Å²) in [4.78, 5) is 12.4. The zero-order valence-corrected chi connectivity index (χ0v) is 15.4. The molecule has 0 saturated heterocycles. The Morgan fingerprint density at radius 1 is 1.12 bits per heavy atom. The molecule has 0 unspecified atom stereocenters. The summed E-state index contributed by atoms with van der Waals surface area (Å²) in [5, 5.41) is 0. The van der Waals surface area contributed by atoms with Gasteiger partial charge in [0.15, 0.2) is 0 Å². The van der Waals surface area contributed by atoms with E-state index in [4.69, 9.17) is 9.15 Å². The van der Waals surface area contributed by atoms with Crippen LogP contribution in [0.1, 0.15) is 44.8 Å². The fraction of sp³-hybridized carbons (Fsp3) is 0.409. The molecule has 0 bridgehead atoms. The molecule has 0 amide bonds. The number of carbonyl (C=O) groups excluding carboxylic acids is 1. The lowest BCUT2D eigenvalue weighted by Gasteiger charge is -2.04. The normalized spacial score (nSPS) is 20.8. The van der Waals surface area contributed by atoms with Crippen LogP contribution in [-0.4, -0.2) is 5.97 Å². The van der Waals surface area contributed by atoms with Crippen molar-refractivity contribution >= 4 is 5.97 Å². The van der Waals surface area contributed by atoms with Crippen LogP contribution in [0.2, 0.25) is 0 Å². The van der Waals surface area contributed by atoms with E-state index in [2.05, 4.69) is 45.9 Å². The van der Waals surface area contributed by atoms with Crippen LogP contribution in [0.4, 0.5) is 0 Å². The molecule has 1 fully saturated rings. The molecule has 2 atom stereocenters. The van der Waals surface area contributed by atoms with Gasteiger partial charge in [-0.1, -0.05) is 55.8 Å². The van der Waals surface area contributed by atoms with Crippen molar-refractivity contribution in [3.05, 3.63) is 71.2 Å². The Kier molecular flexibility index (Phi) is 4.85. The van der Waals surface area contributed by atoms with Crippen molar-refractivity contribution in [2.45, 2.75) is 40.7 Å². The maximum absolute atomic E-state index is 12.4. The Balaban J connectivity index is 1.54. The van der Waals surface area contributed by atoms with Gasteiger partial charge in [-0.2, -0.15) is 0 Å². The molecule has 2 aromatic rings. The van der Waals surface area contributed by atoms with E-state index < -0.39 is 0 Å². The third-order valence-corrected chi connectivity index (χ3v) is 4.97. The lowest BCUT2D eigenvalue weighted by molar-refractivity contribution is -0.148. The lowest BCUT2D eigenvalue weighted by atomic mass is 10.1. The number of esters is 1. The van der Waals surface area contributed by atoms with Crippen molar-refractivity contribution in [1.82, 2.24) is 0 Å². The lowest BCUT2D eigenvalue weighted by Crippen LogP contribution is -2.10. The van der Waals surface area contributed by atoms with Crippen LogP contribution < -0.4 is 0 Å². The van der Waals surface area contributed by atoms with Crippen molar-refractivity contribution in [1.29, 1.82) is 0 Å². The van der Waals surface area contributed by atoms with Gasteiger partial charge in [-0.15, -0.1) is 0 Å². The highest BCUT2D eigenvalue weighted by atomic mass is 16.5. The van der Waals surface area contributed by atoms with Gasteiger partial charge < -0.3 is 9.15 Å². The average molecular weight is 338 g/mol. The second kappa shape index (κ2) is 6.91. The molecule has 1 saturated carbocycles. The van der Waals surface area contributed by atoms with Gasteiger partial charge in [0.25, 0.3) is 0 Å². The smallest absolute Gasteiger partial charge is 0.310 e. The summed E-state index contributed by atoms with van der Waals surface area (Å²) < 4.78 is 11.3. The summed E-state index contributed by atoms with van der Waals surface area (Å²) in [5.41, 5.74) is 2.42. The summed E-state index contributed by atoms with van der Waals surface area (Å²) in [6, 6.07) is 14.0.